The highest BCUT2D eigenvalue weighted by atomic mass is 16.3. The van der Waals surface area contributed by atoms with Crippen molar-refractivity contribution in [1.29, 1.82) is 0 Å². The first-order chi connectivity index (χ1) is 6.58. The number of nitrogen functional groups attached to an aromatic ring is 1. The van der Waals surface area contributed by atoms with Gasteiger partial charge in [-0.2, -0.15) is 4.98 Å². The van der Waals surface area contributed by atoms with Gasteiger partial charge in [0.2, 0.25) is 5.95 Å². The second-order valence-electron chi connectivity index (χ2n) is 3.24. The zero-order valence-corrected chi connectivity index (χ0v) is 8.40. The Morgan fingerprint density at radius 3 is 2.57 bits per heavy atom. The summed E-state index contributed by atoms with van der Waals surface area (Å²) in [5.74, 6) is 2.68. The zero-order chi connectivity index (χ0) is 10.3. The molecule has 0 bridgehead atoms. The van der Waals surface area contributed by atoms with Crippen LogP contribution in [0.25, 0.3) is 11.4 Å². The fraction of sp³-hybridized carbons (Fsp3) is 0.333. The van der Waals surface area contributed by atoms with Gasteiger partial charge in [0.15, 0.2) is 5.82 Å². The number of nitrogens with zero attached hydrogens (tertiary/aromatic N) is 3. The predicted octanol–water partition coefficient (Wildman–Crippen LogP) is 1.27. The smallest absolute Gasteiger partial charge is 0.218 e. The molecule has 0 spiro atoms. The number of nitrogens with two attached hydrogens (primary N) is 1. The molecule has 0 saturated heterocycles. The first-order valence-electron chi connectivity index (χ1n) is 4.32. The quantitative estimate of drug-likeness (QED) is 0.738. The second kappa shape index (κ2) is 2.87. The van der Waals surface area contributed by atoms with Crippen molar-refractivity contribution in [2.24, 2.45) is 7.05 Å². The van der Waals surface area contributed by atoms with Gasteiger partial charge in [-0.1, -0.05) is 0 Å². The Kier molecular flexibility index (Phi) is 1.80. The van der Waals surface area contributed by atoms with Gasteiger partial charge in [0.25, 0.3) is 0 Å². The van der Waals surface area contributed by atoms with E-state index in [1.54, 1.807) is 7.05 Å². The summed E-state index contributed by atoms with van der Waals surface area (Å²) < 4.78 is 6.93. The van der Waals surface area contributed by atoms with Gasteiger partial charge in [0, 0.05) is 7.05 Å². The van der Waals surface area contributed by atoms with Crippen molar-refractivity contribution < 1.29 is 4.42 Å². The van der Waals surface area contributed by atoms with Crippen LogP contribution in [0.5, 0.6) is 0 Å². The van der Waals surface area contributed by atoms with E-state index in [1.165, 1.54) is 4.68 Å². The Morgan fingerprint density at radius 2 is 2.14 bits per heavy atom. The normalized spacial score (nSPS) is 10.8. The first kappa shape index (κ1) is 8.80. The maximum absolute atomic E-state index is 5.59. The molecule has 2 aromatic heterocycles. The van der Waals surface area contributed by atoms with Crippen LogP contribution in [0.4, 0.5) is 5.95 Å². The highest BCUT2D eigenvalue weighted by molar-refractivity contribution is 5.58. The summed E-state index contributed by atoms with van der Waals surface area (Å²) in [7, 11) is 1.76. The van der Waals surface area contributed by atoms with Crippen LogP contribution in [0.15, 0.2) is 10.5 Å². The van der Waals surface area contributed by atoms with Gasteiger partial charge in [0.1, 0.15) is 11.5 Å². The Labute approximate surface area is 81.5 Å². The summed E-state index contributed by atoms with van der Waals surface area (Å²) in [5, 5.41) is 4.18. The Bertz CT molecular complexity index is 450. The number of hydrogen-bond acceptors (Lipinski definition) is 4. The Balaban J connectivity index is 2.54. The molecular formula is C9H12N4O. The molecule has 0 unspecified atom stereocenters. The fourth-order valence-electron chi connectivity index (χ4n) is 1.36. The number of aryl methyl sites for hydroxylation is 3. The number of rotatable bonds is 1. The molecule has 2 aromatic rings. The lowest BCUT2D eigenvalue weighted by atomic mass is 10.2. The summed E-state index contributed by atoms with van der Waals surface area (Å²) >= 11 is 0. The van der Waals surface area contributed by atoms with Crippen LogP contribution in [0.1, 0.15) is 11.5 Å². The van der Waals surface area contributed by atoms with E-state index in [2.05, 4.69) is 10.1 Å². The van der Waals surface area contributed by atoms with Gasteiger partial charge in [-0.25, -0.2) is 4.68 Å². The molecular weight excluding hydrogens is 180 g/mol. The Morgan fingerprint density at radius 1 is 1.43 bits per heavy atom. The molecule has 2 N–H and O–H groups in total. The first-order valence-corrected chi connectivity index (χ1v) is 4.32. The minimum absolute atomic E-state index is 0.401. The molecule has 0 fully saturated rings. The third-order valence-electron chi connectivity index (χ3n) is 2.08. The van der Waals surface area contributed by atoms with Crippen LogP contribution < -0.4 is 5.73 Å². The molecule has 14 heavy (non-hydrogen) atoms. The summed E-state index contributed by atoms with van der Waals surface area (Å²) in [4.78, 5) is 4.12. The summed E-state index contributed by atoms with van der Waals surface area (Å²) in [6.45, 7) is 3.78. The zero-order valence-electron chi connectivity index (χ0n) is 8.40. The second-order valence-corrected chi connectivity index (χ2v) is 3.24. The molecule has 0 amide bonds. The predicted molar refractivity (Wildman–Crippen MR) is 52.6 cm³/mol. The summed E-state index contributed by atoms with van der Waals surface area (Å²) in [6, 6.07) is 1.91. The number of anilines is 1. The SMILES string of the molecule is Cc1cc(-c2nc(N)n(C)n2)c(C)o1. The molecule has 2 rings (SSSR count). The lowest BCUT2D eigenvalue weighted by molar-refractivity contribution is 0.505. The van der Waals surface area contributed by atoms with E-state index in [0.29, 0.717) is 11.8 Å². The van der Waals surface area contributed by atoms with Crippen LogP contribution >= 0.6 is 0 Å². The maximum atomic E-state index is 5.59. The molecule has 5 nitrogen and oxygen atoms in total. The van der Waals surface area contributed by atoms with Gasteiger partial charge in [-0.05, 0) is 19.9 Å². The van der Waals surface area contributed by atoms with Crippen molar-refractivity contribution in [3.05, 3.63) is 17.6 Å². The summed E-state index contributed by atoms with van der Waals surface area (Å²) in [6.07, 6.45) is 0. The van der Waals surface area contributed by atoms with Crippen molar-refractivity contribution >= 4 is 5.95 Å². The van der Waals surface area contributed by atoms with E-state index < -0.39 is 0 Å². The number of furan rings is 1. The van der Waals surface area contributed by atoms with Gasteiger partial charge in [-0.3, -0.25) is 0 Å². The maximum Gasteiger partial charge on any atom is 0.218 e. The van der Waals surface area contributed by atoms with Gasteiger partial charge in [0.05, 0.1) is 5.56 Å². The average Bonchev–Trinajstić information content (AvgIpc) is 2.57. The van der Waals surface area contributed by atoms with Crippen molar-refractivity contribution in [3.8, 4) is 11.4 Å². The average molecular weight is 192 g/mol. The van der Waals surface area contributed by atoms with E-state index in [9.17, 15) is 0 Å². The van der Waals surface area contributed by atoms with E-state index >= 15 is 0 Å². The summed E-state index contributed by atoms with van der Waals surface area (Å²) in [5.41, 5.74) is 6.49. The van der Waals surface area contributed by atoms with E-state index in [1.807, 2.05) is 19.9 Å². The molecule has 0 aromatic carbocycles. The molecule has 0 saturated carbocycles. The van der Waals surface area contributed by atoms with Crippen molar-refractivity contribution in [2.75, 3.05) is 5.73 Å². The van der Waals surface area contributed by atoms with Gasteiger partial charge in [-0.15, -0.1) is 5.10 Å². The molecule has 74 valence electrons. The third-order valence-corrected chi connectivity index (χ3v) is 2.08. The molecule has 0 aliphatic heterocycles. The molecule has 0 aliphatic rings. The molecule has 2 heterocycles. The van der Waals surface area contributed by atoms with Gasteiger partial charge >= 0.3 is 0 Å². The van der Waals surface area contributed by atoms with Crippen LogP contribution in [-0.4, -0.2) is 14.8 Å². The standard InChI is InChI=1S/C9H12N4O/c1-5-4-7(6(2)14-5)8-11-9(10)13(3)12-8/h4H,1-3H3,(H2,10,11,12). The van der Waals surface area contributed by atoms with Crippen molar-refractivity contribution in [2.45, 2.75) is 13.8 Å². The van der Waals surface area contributed by atoms with Crippen molar-refractivity contribution in [1.82, 2.24) is 14.8 Å². The van der Waals surface area contributed by atoms with Crippen LogP contribution in [0.2, 0.25) is 0 Å². The minimum Gasteiger partial charge on any atom is -0.466 e. The lowest BCUT2D eigenvalue weighted by Crippen LogP contribution is -1.97. The van der Waals surface area contributed by atoms with Gasteiger partial charge < -0.3 is 10.2 Å². The highest BCUT2D eigenvalue weighted by Gasteiger charge is 2.12. The van der Waals surface area contributed by atoms with E-state index in [0.717, 1.165) is 17.1 Å². The monoisotopic (exact) mass is 192 g/mol. The van der Waals surface area contributed by atoms with E-state index in [-0.39, 0.29) is 0 Å². The molecule has 5 heteroatoms. The van der Waals surface area contributed by atoms with Crippen molar-refractivity contribution in [3.63, 3.8) is 0 Å². The highest BCUT2D eigenvalue weighted by Crippen LogP contribution is 2.23. The van der Waals surface area contributed by atoms with Crippen LogP contribution in [0, 0.1) is 13.8 Å². The minimum atomic E-state index is 0.401. The molecule has 0 atom stereocenters. The number of hydrogen-bond donors (Lipinski definition) is 1. The Hall–Kier alpha value is -1.78. The largest absolute Gasteiger partial charge is 0.466 e. The fourth-order valence-corrected chi connectivity index (χ4v) is 1.36. The third kappa shape index (κ3) is 1.26. The molecule has 0 aliphatic carbocycles. The number of aromatic nitrogens is 3. The van der Waals surface area contributed by atoms with Crippen LogP contribution in [-0.2, 0) is 7.05 Å². The lowest BCUT2D eigenvalue weighted by Gasteiger charge is -1.88. The van der Waals surface area contributed by atoms with E-state index in [4.69, 9.17) is 10.2 Å². The molecule has 0 radical (unpaired) electrons. The van der Waals surface area contributed by atoms with Crippen LogP contribution in [0.3, 0.4) is 0 Å². The topological polar surface area (TPSA) is 69.9 Å².